The second-order valence-corrected chi connectivity index (χ2v) is 10.4. The zero-order valence-electron chi connectivity index (χ0n) is 19.2. The molecule has 36 heavy (non-hydrogen) atoms. The van der Waals surface area contributed by atoms with Crippen molar-refractivity contribution in [1.29, 1.82) is 0 Å². The summed E-state index contributed by atoms with van der Waals surface area (Å²) < 4.78 is 34.7. The van der Waals surface area contributed by atoms with E-state index in [9.17, 15) is 8.42 Å². The largest absolute Gasteiger partial charge is 0.497 e. The van der Waals surface area contributed by atoms with Crippen molar-refractivity contribution in [3.8, 4) is 28.4 Å². The molecule has 0 bridgehead atoms. The van der Waals surface area contributed by atoms with E-state index in [2.05, 4.69) is 20.0 Å². The van der Waals surface area contributed by atoms with Gasteiger partial charge in [-0.3, -0.25) is 4.40 Å². The molecule has 10 nitrogen and oxygen atoms in total. The first kappa shape index (κ1) is 23.7. The fraction of sp³-hybridized carbons (Fsp3) is 0.125. The fourth-order valence-corrected chi connectivity index (χ4v) is 5.44. The molecule has 0 amide bonds. The van der Waals surface area contributed by atoms with Crippen LogP contribution in [0.2, 0.25) is 0 Å². The summed E-state index contributed by atoms with van der Waals surface area (Å²) in [6, 6.07) is 15.6. The van der Waals surface area contributed by atoms with Gasteiger partial charge in [-0.05, 0) is 42.5 Å². The summed E-state index contributed by atoms with van der Waals surface area (Å²) >= 11 is 1.53. The summed E-state index contributed by atoms with van der Waals surface area (Å²) in [5.41, 5.74) is 9.81. The highest BCUT2D eigenvalue weighted by molar-refractivity contribution is 7.89. The molecule has 0 saturated heterocycles. The van der Waals surface area contributed by atoms with Crippen LogP contribution in [0.25, 0.3) is 27.6 Å². The van der Waals surface area contributed by atoms with E-state index in [-0.39, 0.29) is 11.4 Å². The number of hydrogen-bond donors (Lipinski definition) is 3. The second-order valence-electron chi connectivity index (χ2n) is 7.76. The normalized spacial score (nSPS) is 11.6. The van der Waals surface area contributed by atoms with Gasteiger partial charge < -0.3 is 15.8 Å². The Morgan fingerprint density at radius 1 is 1.08 bits per heavy atom. The van der Waals surface area contributed by atoms with Crippen LogP contribution in [0.3, 0.4) is 0 Å². The molecule has 0 saturated carbocycles. The highest BCUT2D eigenvalue weighted by atomic mass is 32.2. The number of ether oxygens (including phenoxy) is 1. The minimum Gasteiger partial charge on any atom is -0.497 e. The highest BCUT2D eigenvalue weighted by Crippen LogP contribution is 2.34. The Balaban J connectivity index is 1.32. The predicted molar refractivity (Wildman–Crippen MR) is 141 cm³/mol. The first-order valence-electron chi connectivity index (χ1n) is 11.0. The number of fused-ring (bicyclic) bond motifs is 1. The molecule has 0 fully saturated rings. The zero-order chi connectivity index (χ0) is 25.1. The molecule has 0 atom stereocenters. The molecule has 0 radical (unpaired) electrons. The van der Waals surface area contributed by atoms with Crippen LogP contribution < -0.4 is 20.5 Å². The van der Waals surface area contributed by atoms with Crippen molar-refractivity contribution < 1.29 is 13.2 Å². The topological polar surface area (TPSA) is 137 Å². The Bertz CT molecular complexity index is 1610. The third kappa shape index (κ3) is 4.87. The van der Waals surface area contributed by atoms with Crippen LogP contribution in [-0.4, -0.2) is 48.0 Å². The van der Waals surface area contributed by atoms with E-state index in [1.54, 1.807) is 18.3 Å². The Morgan fingerprint density at radius 3 is 2.69 bits per heavy atom. The van der Waals surface area contributed by atoms with Gasteiger partial charge in [-0.15, -0.1) is 11.3 Å². The van der Waals surface area contributed by atoms with E-state index in [0.29, 0.717) is 29.6 Å². The number of hydrogen-bond acceptors (Lipinski definition) is 9. The summed E-state index contributed by atoms with van der Waals surface area (Å²) in [7, 11) is -2.12. The van der Waals surface area contributed by atoms with Crippen molar-refractivity contribution in [3.63, 3.8) is 0 Å². The zero-order valence-corrected chi connectivity index (χ0v) is 20.9. The monoisotopic (exact) mass is 521 g/mol. The van der Waals surface area contributed by atoms with Crippen LogP contribution in [0, 0.1) is 0 Å². The molecule has 0 unspecified atom stereocenters. The lowest BCUT2D eigenvalue weighted by molar-refractivity contribution is 0.414. The quantitative estimate of drug-likeness (QED) is 0.198. The van der Waals surface area contributed by atoms with Gasteiger partial charge in [0.25, 0.3) is 0 Å². The van der Waals surface area contributed by atoms with Crippen LogP contribution in [0.5, 0.6) is 5.75 Å². The molecule has 0 spiro atoms. The SMILES string of the molecule is COc1ccc(S(=O)(=O)NCCNc2nccc(-c3c(-c4cccc(N)c4)nc4sccn34)n2)cc1. The van der Waals surface area contributed by atoms with Crippen molar-refractivity contribution in [3.05, 3.63) is 72.4 Å². The number of nitrogen functional groups attached to an aromatic ring is 1. The van der Waals surface area contributed by atoms with Crippen LogP contribution >= 0.6 is 11.3 Å². The molecule has 2 aromatic carbocycles. The van der Waals surface area contributed by atoms with Crippen LogP contribution in [0.1, 0.15) is 0 Å². The van der Waals surface area contributed by atoms with E-state index < -0.39 is 10.0 Å². The molecular formula is C24H23N7O3S2. The number of methoxy groups -OCH3 is 1. The molecule has 0 aliphatic heterocycles. The third-order valence-electron chi connectivity index (χ3n) is 5.39. The first-order chi connectivity index (χ1) is 17.4. The van der Waals surface area contributed by atoms with Crippen LogP contribution in [-0.2, 0) is 10.0 Å². The molecule has 3 heterocycles. The van der Waals surface area contributed by atoms with Crippen molar-refractivity contribution in [2.45, 2.75) is 4.90 Å². The van der Waals surface area contributed by atoms with Gasteiger partial charge in [0.2, 0.25) is 16.0 Å². The maximum Gasteiger partial charge on any atom is 0.240 e. The average Bonchev–Trinajstić information content (AvgIpc) is 3.48. The molecule has 5 rings (SSSR count). The Kier molecular flexibility index (Phi) is 6.55. The Labute approximate surface area is 211 Å². The minimum atomic E-state index is -3.65. The van der Waals surface area contributed by atoms with Gasteiger partial charge in [0.1, 0.15) is 11.4 Å². The lowest BCUT2D eigenvalue weighted by atomic mass is 10.1. The maximum atomic E-state index is 12.5. The summed E-state index contributed by atoms with van der Waals surface area (Å²) in [5.74, 6) is 0.962. The number of imidazole rings is 1. The molecule has 184 valence electrons. The third-order valence-corrected chi connectivity index (χ3v) is 7.62. The molecular weight excluding hydrogens is 498 g/mol. The second kappa shape index (κ2) is 9.93. The number of anilines is 2. The van der Waals surface area contributed by atoms with E-state index >= 15 is 0 Å². The number of benzene rings is 2. The van der Waals surface area contributed by atoms with Crippen LogP contribution in [0.4, 0.5) is 11.6 Å². The van der Waals surface area contributed by atoms with Crippen molar-refractivity contribution in [2.75, 3.05) is 31.2 Å². The van der Waals surface area contributed by atoms with E-state index in [4.69, 9.17) is 15.5 Å². The average molecular weight is 522 g/mol. The fourth-order valence-electron chi connectivity index (χ4n) is 3.69. The smallest absolute Gasteiger partial charge is 0.240 e. The summed E-state index contributed by atoms with van der Waals surface area (Å²) in [6.07, 6.45) is 3.60. The molecule has 12 heteroatoms. The van der Waals surface area contributed by atoms with Gasteiger partial charge in [-0.25, -0.2) is 28.1 Å². The number of aromatic nitrogens is 4. The number of nitrogens with zero attached hydrogens (tertiary/aromatic N) is 4. The maximum absolute atomic E-state index is 12.5. The van der Waals surface area contributed by atoms with E-state index in [1.165, 1.54) is 30.6 Å². The molecule has 0 aliphatic carbocycles. The summed E-state index contributed by atoms with van der Waals surface area (Å²) in [4.78, 5) is 14.7. The van der Waals surface area contributed by atoms with Crippen molar-refractivity contribution in [1.82, 2.24) is 24.1 Å². The standard InChI is InChI=1S/C24H23N7O3S2/c1-34-18-5-7-19(8-6-18)36(32,33)28-12-11-27-23-26-10-9-20(29-23)22-21(16-3-2-4-17(25)15-16)30-24-31(22)13-14-35-24/h2-10,13-15,28H,11-12,25H2,1H3,(H,26,27,29). The Morgan fingerprint density at radius 2 is 1.92 bits per heavy atom. The van der Waals surface area contributed by atoms with Gasteiger partial charge in [0.15, 0.2) is 4.96 Å². The van der Waals surface area contributed by atoms with Gasteiger partial charge in [-0.1, -0.05) is 12.1 Å². The molecule has 3 aromatic heterocycles. The number of nitrogens with two attached hydrogens (primary N) is 1. The minimum absolute atomic E-state index is 0.151. The van der Waals surface area contributed by atoms with Crippen LogP contribution in [0.15, 0.2) is 77.3 Å². The van der Waals surface area contributed by atoms with Gasteiger partial charge in [-0.2, -0.15) is 0 Å². The number of nitrogens with one attached hydrogen (secondary N) is 2. The van der Waals surface area contributed by atoms with Crippen molar-refractivity contribution >= 4 is 38.0 Å². The molecule has 0 aliphatic rings. The summed E-state index contributed by atoms with van der Waals surface area (Å²) in [6.45, 7) is 0.444. The highest BCUT2D eigenvalue weighted by Gasteiger charge is 2.19. The summed E-state index contributed by atoms with van der Waals surface area (Å²) in [5, 5.41) is 5.05. The number of rotatable bonds is 9. The number of thiazole rings is 1. The molecule has 5 aromatic rings. The Hall–Kier alpha value is -4.00. The first-order valence-corrected chi connectivity index (χ1v) is 13.3. The van der Waals surface area contributed by atoms with Gasteiger partial charge in [0, 0.05) is 42.1 Å². The van der Waals surface area contributed by atoms with Gasteiger partial charge >= 0.3 is 0 Å². The van der Waals surface area contributed by atoms with Gasteiger partial charge in [0.05, 0.1) is 23.4 Å². The molecule has 4 N–H and O–H groups in total. The lowest BCUT2D eigenvalue weighted by Crippen LogP contribution is -2.29. The lowest BCUT2D eigenvalue weighted by Gasteiger charge is -2.10. The van der Waals surface area contributed by atoms with Crippen molar-refractivity contribution in [2.24, 2.45) is 0 Å². The van der Waals surface area contributed by atoms with E-state index in [1.807, 2.05) is 46.3 Å². The predicted octanol–water partition coefficient (Wildman–Crippen LogP) is 3.50. The number of sulfonamides is 1. The van der Waals surface area contributed by atoms with E-state index in [0.717, 1.165) is 21.9 Å².